The Balaban J connectivity index is 1.10. The SMILES string of the molecule is CC=C1C(OC2OC(CO)C(O)C(O)C2O)OC=C(C(=O)O)C1CC(=O)OCC(C)C1CC2OC(=O)C3=COC(OC4OC(CO)C(O)C(O)C4O)C(=CC)C3CC(=O)OCC1C2C. The lowest BCUT2D eigenvalue weighted by molar-refractivity contribution is -0.327. The van der Waals surface area contributed by atoms with Crippen molar-refractivity contribution in [1.29, 1.82) is 0 Å². The Morgan fingerprint density at radius 3 is 1.94 bits per heavy atom. The van der Waals surface area contributed by atoms with Crippen LogP contribution in [0.1, 0.15) is 47.0 Å². The summed E-state index contributed by atoms with van der Waals surface area (Å²) < 4.78 is 51.3. The highest BCUT2D eigenvalue weighted by atomic mass is 16.8. The summed E-state index contributed by atoms with van der Waals surface area (Å²) in [5.41, 5.74) is 0.111. The Kier molecular flexibility index (Phi) is 16.3. The van der Waals surface area contributed by atoms with Crippen LogP contribution < -0.4 is 0 Å². The second-order valence-electron chi connectivity index (χ2n) is 16.9. The number of carboxylic acid groups (broad SMARTS) is 1. The quantitative estimate of drug-likeness (QED) is 0.0581. The van der Waals surface area contributed by atoms with Crippen molar-refractivity contribution in [3.8, 4) is 0 Å². The molecular weight excluding hydrogens is 856 g/mol. The molecular formula is C42H58O22. The van der Waals surface area contributed by atoms with E-state index in [4.69, 9.17) is 42.6 Å². The van der Waals surface area contributed by atoms with Gasteiger partial charge in [0.1, 0.15) is 54.9 Å². The van der Waals surface area contributed by atoms with E-state index in [1.807, 2.05) is 13.8 Å². The number of allylic oxidation sites excluding steroid dienone is 2. The number of aliphatic hydroxyl groups excluding tert-OH is 8. The Morgan fingerprint density at radius 1 is 0.828 bits per heavy atom. The van der Waals surface area contributed by atoms with Gasteiger partial charge in [0.25, 0.3) is 0 Å². The number of esters is 3. The molecule has 0 spiro atoms. The molecule has 1 saturated carbocycles. The molecule has 0 aromatic rings. The molecule has 4 fully saturated rings. The highest BCUT2D eigenvalue weighted by Gasteiger charge is 2.51. The van der Waals surface area contributed by atoms with E-state index in [0.717, 1.165) is 12.5 Å². The van der Waals surface area contributed by atoms with Gasteiger partial charge in [0.15, 0.2) is 12.6 Å². The van der Waals surface area contributed by atoms with Crippen LogP contribution >= 0.6 is 0 Å². The number of carbonyl (C=O) groups is 4. The van der Waals surface area contributed by atoms with E-state index < -0.39 is 135 Å². The molecule has 0 aromatic heterocycles. The predicted octanol–water partition coefficient (Wildman–Crippen LogP) is -1.99. The van der Waals surface area contributed by atoms with Crippen molar-refractivity contribution in [3.05, 3.63) is 47.0 Å². The van der Waals surface area contributed by atoms with E-state index in [-0.39, 0.29) is 65.6 Å². The van der Waals surface area contributed by atoms with E-state index in [0.29, 0.717) is 6.42 Å². The second kappa shape index (κ2) is 21.1. The first-order chi connectivity index (χ1) is 30.4. The zero-order valence-electron chi connectivity index (χ0n) is 35.6. The number of hydrogen-bond acceptors (Lipinski definition) is 21. The van der Waals surface area contributed by atoms with Gasteiger partial charge in [0, 0.05) is 28.9 Å². The van der Waals surface area contributed by atoms with Crippen molar-refractivity contribution in [2.75, 3.05) is 26.4 Å². The van der Waals surface area contributed by atoms with E-state index in [1.165, 1.54) is 6.08 Å². The van der Waals surface area contributed by atoms with Gasteiger partial charge in [-0.05, 0) is 38.0 Å². The van der Waals surface area contributed by atoms with Gasteiger partial charge < -0.3 is 88.6 Å². The van der Waals surface area contributed by atoms with Crippen molar-refractivity contribution < 1.29 is 108 Å². The van der Waals surface area contributed by atoms with E-state index in [9.17, 15) is 65.1 Å². The fourth-order valence-corrected chi connectivity index (χ4v) is 9.23. The van der Waals surface area contributed by atoms with Crippen LogP contribution in [0, 0.1) is 35.5 Å². The minimum Gasteiger partial charge on any atom is -0.478 e. The van der Waals surface area contributed by atoms with Gasteiger partial charge in [-0.25, -0.2) is 9.59 Å². The number of carbonyl (C=O) groups excluding carboxylic acids is 3. The molecule has 0 amide bonds. The maximum absolute atomic E-state index is 13.9. The summed E-state index contributed by atoms with van der Waals surface area (Å²) in [5.74, 6) is -7.06. The number of fused-ring (bicyclic) bond motifs is 3. The topological polar surface area (TPSA) is 333 Å². The van der Waals surface area contributed by atoms with Gasteiger partial charge in [-0.1, -0.05) is 26.0 Å². The second-order valence-corrected chi connectivity index (χ2v) is 16.9. The summed E-state index contributed by atoms with van der Waals surface area (Å²) in [6.07, 6.45) is -15.0. The minimum absolute atomic E-state index is 0.0148. The molecule has 0 aromatic carbocycles. The van der Waals surface area contributed by atoms with Crippen molar-refractivity contribution in [2.24, 2.45) is 35.5 Å². The molecule has 6 rings (SSSR count). The van der Waals surface area contributed by atoms with Gasteiger partial charge in [-0.2, -0.15) is 0 Å². The third-order valence-electron chi connectivity index (χ3n) is 13.1. The summed E-state index contributed by atoms with van der Waals surface area (Å²) in [4.78, 5) is 53.1. The average Bonchev–Trinajstić information content (AvgIpc) is 3.57. The smallest absolute Gasteiger partial charge is 0.338 e. The lowest BCUT2D eigenvalue weighted by Gasteiger charge is -2.42. The van der Waals surface area contributed by atoms with Gasteiger partial charge in [-0.15, -0.1) is 0 Å². The van der Waals surface area contributed by atoms with Gasteiger partial charge in [0.2, 0.25) is 12.6 Å². The molecule has 5 aliphatic heterocycles. The number of cyclic esters (lactones) is 1. The summed E-state index contributed by atoms with van der Waals surface area (Å²) in [5, 5.41) is 91.0. The molecule has 22 heteroatoms. The lowest BCUT2D eigenvalue weighted by Crippen LogP contribution is -2.60. The van der Waals surface area contributed by atoms with Crippen LogP contribution in [0.15, 0.2) is 47.0 Å². The third-order valence-corrected chi connectivity index (χ3v) is 13.1. The maximum Gasteiger partial charge on any atom is 0.338 e. The van der Waals surface area contributed by atoms with E-state index >= 15 is 0 Å². The molecule has 19 atom stereocenters. The standard InChI is InChI=1S/C42H58O22/c1-5-18-21(24(37(53)54)14-58-39(18)63-41-35(51)33(49)31(47)27(10-43)61-41)8-29(45)56-12-16(3)20-7-26-17(4)23(20)13-57-30(46)9-22-19(6-2)40(59-15-25(22)38(55)60-26)64-42-36(52)34(50)32(48)28(11-44)62-42/h5-6,14-17,20-23,26-28,31-36,39-44,47-52H,7-13H2,1-4H3,(H,53,54). The van der Waals surface area contributed by atoms with E-state index in [1.54, 1.807) is 19.9 Å². The highest BCUT2D eigenvalue weighted by Crippen LogP contribution is 2.45. The third kappa shape index (κ3) is 10.2. The van der Waals surface area contributed by atoms with Crippen LogP contribution in [-0.4, -0.2) is 176 Å². The lowest BCUT2D eigenvalue weighted by atomic mass is 9.83. The Bertz CT molecular complexity index is 1820. The molecule has 9 N–H and O–H groups in total. The molecule has 1 aliphatic carbocycles. The van der Waals surface area contributed by atoms with Gasteiger partial charge in [-0.3, -0.25) is 9.59 Å². The van der Waals surface area contributed by atoms with E-state index in [2.05, 4.69) is 0 Å². The number of ether oxygens (including phenoxy) is 9. The zero-order chi connectivity index (χ0) is 46.7. The minimum atomic E-state index is -1.78. The molecule has 64 heavy (non-hydrogen) atoms. The highest BCUT2D eigenvalue weighted by molar-refractivity contribution is 5.91. The van der Waals surface area contributed by atoms with Crippen LogP contribution in [0.2, 0.25) is 0 Å². The first-order valence-corrected chi connectivity index (χ1v) is 21.1. The fourth-order valence-electron chi connectivity index (χ4n) is 9.23. The first kappa shape index (κ1) is 49.4. The number of carboxylic acids is 1. The van der Waals surface area contributed by atoms with Crippen molar-refractivity contribution in [1.82, 2.24) is 0 Å². The first-order valence-electron chi connectivity index (χ1n) is 21.1. The summed E-state index contributed by atoms with van der Waals surface area (Å²) in [6, 6.07) is 0. The molecule has 22 nitrogen and oxygen atoms in total. The Labute approximate surface area is 367 Å². The van der Waals surface area contributed by atoms with Crippen LogP contribution in [0.3, 0.4) is 0 Å². The van der Waals surface area contributed by atoms with Crippen LogP contribution in [-0.2, 0) is 61.8 Å². The fraction of sp³-hybridized carbons (Fsp3) is 0.714. The molecule has 5 heterocycles. The average molecular weight is 915 g/mol. The van der Waals surface area contributed by atoms with Gasteiger partial charge in [0.05, 0.1) is 62.9 Å². The molecule has 0 radical (unpaired) electrons. The molecule has 2 bridgehead atoms. The zero-order valence-corrected chi connectivity index (χ0v) is 35.6. The number of hydrogen-bond donors (Lipinski definition) is 9. The normalized spacial score (nSPS) is 42.1. The Morgan fingerprint density at radius 2 is 1.39 bits per heavy atom. The number of rotatable bonds is 12. The maximum atomic E-state index is 13.9. The molecule has 3 saturated heterocycles. The molecule has 6 aliphatic rings. The predicted molar refractivity (Wildman–Crippen MR) is 209 cm³/mol. The van der Waals surface area contributed by atoms with Crippen LogP contribution in [0.4, 0.5) is 0 Å². The summed E-state index contributed by atoms with van der Waals surface area (Å²) >= 11 is 0. The van der Waals surface area contributed by atoms with Crippen molar-refractivity contribution in [3.63, 3.8) is 0 Å². The monoisotopic (exact) mass is 914 g/mol. The largest absolute Gasteiger partial charge is 0.478 e. The Hall–Kier alpha value is -4.04. The van der Waals surface area contributed by atoms with Crippen LogP contribution in [0.25, 0.3) is 0 Å². The summed E-state index contributed by atoms with van der Waals surface area (Å²) in [6.45, 7) is 5.20. The summed E-state index contributed by atoms with van der Waals surface area (Å²) in [7, 11) is 0. The molecule has 358 valence electrons. The van der Waals surface area contributed by atoms with Gasteiger partial charge >= 0.3 is 23.9 Å². The number of aliphatic carboxylic acids is 1. The number of aliphatic hydroxyl groups is 8. The van der Waals surface area contributed by atoms with Crippen molar-refractivity contribution in [2.45, 2.75) is 127 Å². The van der Waals surface area contributed by atoms with Crippen molar-refractivity contribution >= 4 is 23.9 Å². The molecule has 19 unspecified atom stereocenters. The van der Waals surface area contributed by atoms with Crippen LogP contribution in [0.5, 0.6) is 0 Å².